The molecule has 2 aromatic rings. The van der Waals surface area contributed by atoms with Crippen LogP contribution in [0.3, 0.4) is 0 Å². The van der Waals surface area contributed by atoms with Crippen molar-refractivity contribution in [1.29, 1.82) is 0 Å². The van der Waals surface area contributed by atoms with Gasteiger partial charge in [-0.1, -0.05) is 81.3 Å². The Morgan fingerprint density at radius 3 is 2.06 bits per heavy atom. The average Bonchev–Trinajstić information content (AvgIpc) is 2.46. The summed E-state index contributed by atoms with van der Waals surface area (Å²) in [6.07, 6.45) is 3.90. The molecule has 0 aliphatic carbocycles. The molecule has 0 amide bonds. The fourth-order valence-electron chi connectivity index (χ4n) is 2.31. The zero-order valence-electron chi connectivity index (χ0n) is 11.4. The van der Waals surface area contributed by atoms with Crippen LogP contribution in [0.4, 0.5) is 0 Å². The van der Waals surface area contributed by atoms with Gasteiger partial charge in [0.2, 0.25) is 0 Å². The van der Waals surface area contributed by atoms with E-state index in [1.54, 1.807) is 0 Å². The third kappa shape index (κ3) is 3.22. The maximum atomic E-state index is 2.33. The molecule has 94 valence electrons. The highest BCUT2D eigenvalue weighted by molar-refractivity contribution is 5.63. The minimum Gasteiger partial charge on any atom is -0.0654 e. The van der Waals surface area contributed by atoms with Gasteiger partial charge in [0.1, 0.15) is 0 Å². The highest BCUT2D eigenvalue weighted by atomic mass is 14.1. The molecule has 0 nitrogen and oxygen atoms in total. The largest absolute Gasteiger partial charge is 0.0654 e. The standard InChI is InChI=1S/C18H22/c1-3-4-8-15(2)16-11-13-18(14-12-16)17-9-6-5-7-10-17/h5-7,9-15H,3-4,8H2,1-2H3. The molecule has 0 fully saturated rings. The van der Waals surface area contributed by atoms with Gasteiger partial charge < -0.3 is 0 Å². The summed E-state index contributed by atoms with van der Waals surface area (Å²) in [5.41, 5.74) is 4.07. The fourth-order valence-corrected chi connectivity index (χ4v) is 2.31. The maximum Gasteiger partial charge on any atom is -0.0184 e. The summed E-state index contributed by atoms with van der Waals surface area (Å²) >= 11 is 0. The number of unbranched alkanes of at least 4 members (excludes halogenated alkanes) is 1. The lowest BCUT2D eigenvalue weighted by Crippen LogP contribution is -1.93. The van der Waals surface area contributed by atoms with Gasteiger partial charge in [0.15, 0.2) is 0 Å². The van der Waals surface area contributed by atoms with Gasteiger partial charge in [0.25, 0.3) is 0 Å². The lowest BCUT2D eigenvalue weighted by atomic mass is 9.94. The Morgan fingerprint density at radius 1 is 0.833 bits per heavy atom. The smallest absolute Gasteiger partial charge is 0.0184 e. The lowest BCUT2D eigenvalue weighted by Gasteiger charge is -2.12. The Hall–Kier alpha value is -1.56. The van der Waals surface area contributed by atoms with E-state index in [1.807, 2.05) is 0 Å². The van der Waals surface area contributed by atoms with E-state index in [4.69, 9.17) is 0 Å². The SMILES string of the molecule is CCCCC(C)c1ccc(-c2ccccc2)cc1. The summed E-state index contributed by atoms with van der Waals surface area (Å²) in [4.78, 5) is 0. The Labute approximate surface area is 111 Å². The first-order valence-corrected chi connectivity index (χ1v) is 6.96. The van der Waals surface area contributed by atoms with Crippen molar-refractivity contribution in [2.75, 3.05) is 0 Å². The summed E-state index contributed by atoms with van der Waals surface area (Å²) in [6, 6.07) is 19.6. The van der Waals surface area contributed by atoms with Crippen LogP contribution >= 0.6 is 0 Å². The predicted molar refractivity (Wildman–Crippen MR) is 79.8 cm³/mol. The van der Waals surface area contributed by atoms with Gasteiger partial charge in [-0.25, -0.2) is 0 Å². The number of benzene rings is 2. The van der Waals surface area contributed by atoms with Gasteiger partial charge in [-0.3, -0.25) is 0 Å². The summed E-state index contributed by atoms with van der Waals surface area (Å²) < 4.78 is 0. The summed E-state index contributed by atoms with van der Waals surface area (Å²) in [5.74, 6) is 0.676. The molecule has 0 aliphatic heterocycles. The third-order valence-corrected chi connectivity index (χ3v) is 3.58. The molecule has 0 heteroatoms. The van der Waals surface area contributed by atoms with Gasteiger partial charge in [-0.2, -0.15) is 0 Å². The molecule has 0 aromatic heterocycles. The molecule has 2 aromatic carbocycles. The first-order chi connectivity index (χ1) is 8.81. The highest BCUT2D eigenvalue weighted by Crippen LogP contribution is 2.25. The minimum absolute atomic E-state index is 0.676. The quantitative estimate of drug-likeness (QED) is 0.631. The van der Waals surface area contributed by atoms with E-state index >= 15 is 0 Å². The van der Waals surface area contributed by atoms with Gasteiger partial charge >= 0.3 is 0 Å². The van der Waals surface area contributed by atoms with Crippen LogP contribution in [-0.4, -0.2) is 0 Å². The first-order valence-electron chi connectivity index (χ1n) is 6.96. The van der Waals surface area contributed by atoms with Crippen molar-refractivity contribution in [3.63, 3.8) is 0 Å². The number of rotatable bonds is 5. The summed E-state index contributed by atoms with van der Waals surface area (Å²) in [5, 5.41) is 0. The van der Waals surface area contributed by atoms with Gasteiger partial charge in [-0.15, -0.1) is 0 Å². The van der Waals surface area contributed by atoms with Crippen LogP contribution in [0.1, 0.15) is 44.6 Å². The zero-order chi connectivity index (χ0) is 12.8. The summed E-state index contributed by atoms with van der Waals surface area (Å²) in [7, 11) is 0. The Balaban J connectivity index is 2.10. The van der Waals surface area contributed by atoms with E-state index in [9.17, 15) is 0 Å². The molecule has 0 radical (unpaired) electrons. The van der Waals surface area contributed by atoms with Crippen molar-refractivity contribution < 1.29 is 0 Å². The van der Waals surface area contributed by atoms with Gasteiger partial charge in [-0.05, 0) is 29.0 Å². The Bertz CT molecular complexity index is 453. The van der Waals surface area contributed by atoms with E-state index in [-0.39, 0.29) is 0 Å². The third-order valence-electron chi connectivity index (χ3n) is 3.58. The zero-order valence-corrected chi connectivity index (χ0v) is 11.4. The molecule has 0 bridgehead atoms. The van der Waals surface area contributed by atoms with E-state index in [2.05, 4.69) is 68.4 Å². The summed E-state index contributed by atoms with van der Waals surface area (Å²) in [6.45, 7) is 4.58. The molecular formula is C18H22. The van der Waals surface area contributed by atoms with Crippen molar-refractivity contribution in [2.45, 2.75) is 39.0 Å². The lowest BCUT2D eigenvalue weighted by molar-refractivity contribution is 0.624. The van der Waals surface area contributed by atoms with E-state index in [0.29, 0.717) is 5.92 Å². The van der Waals surface area contributed by atoms with E-state index in [1.165, 1.54) is 36.0 Å². The molecule has 1 unspecified atom stereocenters. The Kier molecular flexibility index (Phi) is 4.58. The van der Waals surface area contributed by atoms with Crippen LogP contribution in [0.5, 0.6) is 0 Å². The Morgan fingerprint density at radius 2 is 1.44 bits per heavy atom. The minimum atomic E-state index is 0.676. The van der Waals surface area contributed by atoms with Crippen molar-refractivity contribution >= 4 is 0 Å². The molecule has 18 heavy (non-hydrogen) atoms. The molecule has 0 aliphatic rings. The first kappa shape index (κ1) is 12.9. The number of hydrogen-bond donors (Lipinski definition) is 0. The average molecular weight is 238 g/mol. The van der Waals surface area contributed by atoms with Crippen LogP contribution in [0.25, 0.3) is 11.1 Å². The monoisotopic (exact) mass is 238 g/mol. The second-order valence-electron chi connectivity index (χ2n) is 5.03. The van der Waals surface area contributed by atoms with Crippen LogP contribution in [0.2, 0.25) is 0 Å². The molecule has 0 N–H and O–H groups in total. The maximum absolute atomic E-state index is 2.33. The molecule has 0 saturated heterocycles. The highest BCUT2D eigenvalue weighted by Gasteiger charge is 2.05. The molecule has 1 atom stereocenters. The molecular weight excluding hydrogens is 216 g/mol. The van der Waals surface area contributed by atoms with E-state index in [0.717, 1.165) is 0 Å². The molecule has 2 rings (SSSR count). The van der Waals surface area contributed by atoms with Crippen LogP contribution in [0.15, 0.2) is 54.6 Å². The van der Waals surface area contributed by atoms with Gasteiger partial charge in [0, 0.05) is 0 Å². The fraction of sp³-hybridized carbons (Fsp3) is 0.333. The molecule has 0 saturated carbocycles. The van der Waals surface area contributed by atoms with Crippen LogP contribution in [-0.2, 0) is 0 Å². The van der Waals surface area contributed by atoms with Crippen molar-refractivity contribution in [2.24, 2.45) is 0 Å². The van der Waals surface area contributed by atoms with Crippen LogP contribution in [0, 0.1) is 0 Å². The van der Waals surface area contributed by atoms with Gasteiger partial charge in [0.05, 0.1) is 0 Å². The normalized spacial score (nSPS) is 12.3. The molecule has 0 heterocycles. The van der Waals surface area contributed by atoms with Crippen molar-refractivity contribution in [3.8, 4) is 11.1 Å². The van der Waals surface area contributed by atoms with E-state index < -0.39 is 0 Å². The van der Waals surface area contributed by atoms with Crippen molar-refractivity contribution in [1.82, 2.24) is 0 Å². The topological polar surface area (TPSA) is 0 Å². The second-order valence-corrected chi connectivity index (χ2v) is 5.03. The van der Waals surface area contributed by atoms with Crippen molar-refractivity contribution in [3.05, 3.63) is 60.2 Å². The predicted octanol–water partition coefficient (Wildman–Crippen LogP) is 5.65. The molecule has 0 spiro atoms. The number of hydrogen-bond acceptors (Lipinski definition) is 0. The second kappa shape index (κ2) is 6.39. The van der Waals surface area contributed by atoms with Crippen LogP contribution < -0.4 is 0 Å².